The Balaban J connectivity index is 1.71. The van der Waals surface area contributed by atoms with E-state index < -0.39 is 10.8 Å². The molecule has 2 aromatic carbocycles. The SMILES string of the molecule is CCOc1cc([N+](=O)[O-])c(C(=O)NCc2ccc(Cn3ccnc3)cc2)cc1OC. The minimum atomic E-state index is -0.609. The first-order valence-electron chi connectivity index (χ1n) is 9.32. The molecule has 3 rings (SSSR count). The molecule has 0 saturated heterocycles. The largest absolute Gasteiger partial charge is 0.493 e. The van der Waals surface area contributed by atoms with Crippen molar-refractivity contribution in [1.29, 1.82) is 0 Å². The Morgan fingerprint density at radius 3 is 2.53 bits per heavy atom. The monoisotopic (exact) mass is 410 g/mol. The third-order valence-electron chi connectivity index (χ3n) is 4.42. The number of hydrogen-bond acceptors (Lipinski definition) is 6. The zero-order valence-electron chi connectivity index (χ0n) is 16.7. The summed E-state index contributed by atoms with van der Waals surface area (Å²) in [6.45, 7) is 3.00. The topological polar surface area (TPSA) is 109 Å². The van der Waals surface area contributed by atoms with Crippen LogP contribution < -0.4 is 14.8 Å². The zero-order valence-corrected chi connectivity index (χ0v) is 16.7. The van der Waals surface area contributed by atoms with Crippen LogP contribution in [0.2, 0.25) is 0 Å². The van der Waals surface area contributed by atoms with Gasteiger partial charge in [-0.05, 0) is 18.1 Å². The molecule has 0 atom stereocenters. The Morgan fingerprint density at radius 2 is 1.93 bits per heavy atom. The van der Waals surface area contributed by atoms with Crippen molar-refractivity contribution in [1.82, 2.24) is 14.9 Å². The van der Waals surface area contributed by atoms with E-state index in [0.717, 1.165) is 11.1 Å². The molecule has 1 heterocycles. The first-order valence-corrected chi connectivity index (χ1v) is 9.32. The predicted octanol–water partition coefficient (Wildman–Crippen LogP) is 3.18. The molecule has 0 aliphatic rings. The zero-order chi connectivity index (χ0) is 21.5. The Hall–Kier alpha value is -3.88. The maximum absolute atomic E-state index is 12.6. The lowest BCUT2D eigenvalue weighted by molar-refractivity contribution is -0.385. The van der Waals surface area contributed by atoms with Gasteiger partial charge in [0.05, 0.1) is 31.0 Å². The Labute approximate surface area is 173 Å². The van der Waals surface area contributed by atoms with Crippen LogP contribution in [0.5, 0.6) is 11.5 Å². The van der Waals surface area contributed by atoms with Crippen LogP contribution in [0.3, 0.4) is 0 Å². The maximum atomic E-state index is 12.6. The van der Waals surface area contributed by atoms with Gasteiger partial charge in [0.25, 0.3) is 11.6 Å². The van der Waals surface area contributed by atoms with E-state index in [9.17, 15) is 14.9 Å². The minimum Gasteiger partial charge on any atom is -0.493 e. The number of hydrogen-bond donors (Lipinski definition) is 1. The standard InChI is InChI=1S/C21H22N4O5/c1-3-30-20-11-18(25(27)28)17(10-19(20)29-2)21(26)23-12-15-4-6-16(7-5-15)13-24-9-8-22-14-24/h4-11,14H,3,12-13H2,1-2H3,(H,23,26). The summed E-state index contributed by atoms with van der Waals surface area (Å²) in [6.07, 6.45) is 5.34. The number of aromatic nitrogens is 2. The second kappa shape index (κ2) is 9.55. The molecule has 1 amide bonds. The minimum absolute atomic E-state index is 0.0861. The Morgan fingerprint density at radius 1 is 1.20 bits per heavy atom. The first-order chi connectivity index (χ1) is 14.5. The average molecular weight is 410 g/mol. The van der Waals surface area contributed by atoms with Gasteiger partial charge in [0.15, 0.2) is 11.5 Å². The van der Waals surface area contributed by atoms with E-state index in [2.05, 4.69) is 10.3 Å². The van der Waals surface area contributed by atoms with Crippen LogP contribution in [0.15, 0.2) is 55.1 Å². The van der Waals surface area contributed by atoms with Crippen LogP contribution in [-0.2, 0) is 13.1 Å². The predicted molar refractivity (Wildman–Crippen MR) is 110 cm³/mol. The summed E-state index contributed by atoms with van der Waals surface area (Å²) in [5.74, 6) is -0.0845. The van der Waals surface area contributed by atoms with E-state index in [4.69, 9.17) is 9.47 Å². The molecule has 9 nitrogen and oxygen atoms in total. The maximum Gasteiger partial charge on any atom is 0.286 e. The second-order valence-corrected chi connectivity index (χ2v) is 6.44. The summed E-state index contributed by atoms with van der Waals surface area (Å²) in [6, 6.07) is 10.3. The van der Waals surface area contributed by atoms with Crippen LogP contribution in [0.4, 0.5) is 5.69 Å². The van der Waals surface area contributed by atoms with E-state index in [1.165, 1.54) is 19.2 Å². The summed E-state index contributed by atoms with van der Waals surface area (Å²) >= 11 is 0. The molecule has 0 bridgehead atoms. The smallest absolute Gasteiger partial charge is 0.286 e. The summed E-state index contributed by atoms with van der Waals surface area (Å²) in [7, 11) is 1.41. The third-order valence-corrected chi connectivity index (χ3v) is 4.42. The lowest BCUT2D eigenvalue weighted by atomic mass is 10.1. The summed E-state index contributed by atoms with van der Waals surface area (Å²) in [4.78, 5) is 27.5. The van der Waals surface area contributed by atoms with Gasteiger partial charge < -0.3 is 19.4 Å². The van der Waals surface area contributed by atoms with E-state index in [1.807, 2.05) is 35.0 Å². The molecular weight excluding hydrogens is 388 g/mol. The lowest BCUT2D eigenvalue weighted by Crippen LogP contribution is -2.24. The highest BCUT2D eigenvalue weighted by atomic mass is 16.6. The van der Waals surface area contributed by atoms with Gasteiger partial charge in [-0.1, -0.05) is 24.3 Å². The van der Waals surface area contributed by atoms with Crippen molar-refractivity contribution in [2.45, 2.75) is 20.0 Å². The molecule has 0 fully saturated rings. The fourth-order valence-electron chi connectivity index (χ4n) is 2.94. The van der Waals surface area contributed by atoms with Crippen LogP contribution >= 0.6 is 0 Å². The molecule has 156 valence electrons. The summed E-state index contributed by atoms with van der Waals surface area (Å²) in [5.41, 5.74) is 1.54. The van der Waals surface area contributed by atoms with Gasteiger partial charge in [-0.25, -0.2) is 4.98 Å². The molecule has 0 radical (unpaired) electrons. The number of ether oxygens (including phenoxy) is 2. The molecule has 0 spiro atoms. The number of rotatable bonds is 9. The molecule has 3 aromatic rings. The number of amides is 1. The normalized spacial score (nSPS) is 10.5. The van der Waals surface area contributed by atoms with Gasteiger partial charge in [0.2, 0.25) is 0 Å². The van der Waals surface area contributed by atoms with Crippen LogP contribution in [-0.4, -0.2) is 34.1 Å². The van der Waals surface area contributed by atoms with Crippen molar-refractivity contribution >= 4 is 11.6 Å². The fraction of sp³-hybridized carbons (Fsp3) is 0.238. The number of benzene rings is 2. The summed E-state index contributed by atoms with van der Waals surface area (Å²) < 4.78 is 12.5. The fourth-order valence-corrected chi connectivity index (χ4v) is 2.94. The number of nitro benzene ring substituents is 1. The van der Waals surface area contributed by atoms with Gasteiger partial charge in [0.1, 0.15) is 5.56 Å². The molecule has 0 aliphatic heterocycles. The number of imidazole rings is 1. The van der Waals surface area contributed by atoms with Crippen LogP contribution in [0, 0.1) is 10.1 Å². The highest BCUT2D eigenvalue weighted by Crippen LogP contribution is 2.34. The quantitative estimate of drug-likeness (QED) is 0.429. The van der Waals surface area contributed by atoms with Crippen molar-refractivity contribution in [2.24, 2.45) is 0 Å². The summed E-state index contributed by atoms with van der Waals surface area (Å²) in [5, 5.41) is 14.2. The van der Waals surface area contributed by atoms with Crippen molar-refractivity contribution in [3.63, 3.8) is 0 Å². The van der Waals surface area contributed by atoms with Gasteiger partial charge in [-0.3, -0.25) is 14.9 Å². The number of methoxy groups -OCH3 is 1. The number of nitrogens with one attached hydrogen (secondary N) is 1. The highest BCUT2D eigenvalue weighted by Gasteiger charge is 2.24. The molecule has 30 heavy (non-hydrogen) atoms. The molecule has 1 aromatic heterocycles. The molecular formula is C21H22N4O5. The van der Waals surface area contributed by atoms with Crippen LogP contribution in [0.25, 0.3) is 0 Å². The van der Waals surface area contributed by atoms with E-state index >= 15 is 0 Å². The molecule has 1 N–H and O–H groups in total. The lowest BCUT2D eigenvalue weighted by Gasteiger charge is -2.12. The number of carbonyl (C=O) groups excluding carboxylic acids is 1. The van der Waals surface area contributed by atoms with Crippen LogP contribution in [0.1, 0.15) is 28.4 Å². The van der Waals surface area contributed by atoms with E-state index in [-0.39, 0.29) is 29.3 Å². The molecule has 9 heteroatoms. The highest BCUT2D eigenvalue weighted by molar-refractivity contribution is 5.99. The number of nitrogens with zero attached hydrogens (tertiary/aromatic N) is 3. The number of carbonyl (C=O) groups is 1. The van der Waals surface area contributed by atoms with Gasteiger partial charge in [-0.15, -0.1) is 0 Å². The first kappa shape index (κ1) is 20.8. The average Bonchev–Trinajstić information content (AvgIpc) is 3.26. The Bertz CT molecular complexity index is 1020. The molecule has 0 unspecified atom stereocenters. The number of nitro groups is 1. The van der Waals surface area contributed by atoms with Crippen molar-refractivity contribution in [3.8, 4) is 11.5 Å². The van der Waals surface area contributed by atoms with E-state index in [0.29, 0.717) is 13.2 Å². The van der Waals surface area contributed by atoms with Gasteiger partial charge in [0, 0.05) is 31.5 Å². The van der Waals surface area contributed by atoms with E-state index in [1.54, 1.807) is 19.4 Å². The molecule has 0 aliphatic carbocycles. The van der Waals surface area contributed by atoms with Gasteiger partial charge >= 0.3 is 0 Å². The third kappa shape index (κ3) is 4.93. The van der Waals surface area contributed by atoms with Crippen molar-refractivity contribution in [2.75, 3.05) is 13.7 Å². The van der Waals surface area contributed by atoms with Crippen molar-refractivity contribution < 1.29 is 19.2 Å². The molecule has 0 saturated carbocycles. The second-order valence-electron chi connectivity index (χ2n) is 6.44. The van der Waals surface area contributed by atoms with Crippen molar-refractivity contribution in [3.05, 3.63) is 81.9 Å². The van der Waals surface area contributed by atoms with Gasteiger partial charge in [-0.2, -0.15) is 0 Å². The Kier molecular flexibility index (Phi) is 6.63.